The maximum atomic E-state index is 14.2. The number of ketones is 2. The molecule has 0 spiro atoms. The number of hydrogen-bond donors (Lipinski definition) is 5. The van der Waals surface area contributed by atoms with Gasteiger partial charge in [0.25, 0.3) is 0 Å². The fourth-order valence-electron chi connectivity index (χ4n) is 7.09. The number of hydrogen-bond acceptors (Lipinski definition) is 13. The minimum absolute atomic E-state index is 0.00277. The number of rotatable bonds is 4. The van der Waals surface area contributed by atoms with Crippen LogP contribution < -0.4 is 0 Å². The van der Waals surface area contributed by atoms with E-state index in [1.165, 1.54) is 14.0 Å². The number of phenols is 2. The molecule has 10 atom stereocenters. The molecule has 0 aromatic heterocycles. The Labute approximate surface area is 240 Å². The topological polar surface area (TPSA) is 199 Å². The summed E-state index contributed by atoms with van der Waals surface area (Å²) in [5.41, 5.74) is -3.94. The van der Waals surface area contributed by atoms with Gasteiger partial charge in [0, 0.05) is 35.1 Å². The highest BCUT2D eigenvalue weighted by Crippen LogP contribution is 2.56. The molecule has 0 radical (unpaired) electrons. The molecule has 1 aromatic rings. The number of esters is 1. The largest absolute Gasteiger partial charge is 0.507 e. The van der Waals surface area contributed by atoms with E-state index < -0.39 is 101 Å². The number of Topliss-reactive ketones (excluding diaryl/α,β-unsaturated/α-hetero) is 2. The first kappa shape index (κ1) is 29.2. The number of aliphatic hydroxyl groups is 3. The lowest BCUT2D eigenvalue weighted by atomic mass is 9.63. The fourth-order valence-corrected chi connectivity index (χ4v) is 7.09. The van der Waals surface area contributed by atoms with Crippen LogP contribution in [0.5, 0.6) is 11.5 Å². The summed E-state index contributed by atoms with van der Waals surface area (Å²) >= 11 is 0. The standard InChI is InChI=1S/C29H34O13/c1-9-12(30)5-6-17(40-9)42-15-7-13-19-23(29(15,37)11(3)41-13)28(36)22-21(26(19)34)27(35)20-18(25(22)33)10(2)39-14(24(20)32)8-16(31)38-4/h9-15,17,24,30,32-33,35,37H,5-8H2,1-4H3/t9-,10-,11-,12+,13-,14-,15-,17+,24+,29+/m0/s1. The summed E-state index contributed by atoms with van der Waals surface area (Å²) in [7, 11) is 1.17. The average molecular weight is 591 g/mol. The van der Waals surface area contributed by atoms with E-state index in [9.17, 15) is 39.9 Å². The van der Waals surface area contributed by atoms with E-state index in [1.54, 1.807) is 13.8 Å². The number of fused-ring (bicyclic) bond motifs is 4. The third-order valence-electron chi connectivity index (χ3n) is 9.30. The van der Waals surface area contributed by atoms with Gasteiger partial charge in [-0.25, -0.2) is 0 Å². The van der Waals surface area contributed by atoms with Crippen LogP contribution in [0.2, 0.25) is 0 Å². The highest BCUT2D eigenvalue weighted by Gasteiger charge is 2.64. The Kier molecular flexibility index (Phi) is 7.00. The quantitative estimate of drug-likeness (QED) is 0.246. The van der Waals surface area contributed by atoms with E-state index in [4.69, 9.17) is 18.9 Å². The summed E-state index contributed by atoms with van der Waals surface area (Å²) in [5, 5.41) is 56.0. The number of aromatic hydroxyl groups is 2. The molecule has 0 saturated carbocycles. The Morgan fingerprint density at radius 2 is 1.64 bits per heavy atom. The van der Waals surface area contributed by atoms with Gasteiger partial charge in [-0.2, -0.15) is 0 Å². The summed E-state index contributed by atoms with van der Waals surface area (Å²) in [6, 6.07) is 0. The first-order chi connectivity index (χ1) is 19.8. The van der Waals surface area contributed by atoms with Crippen LogP contribution in [-0.2, 0) is 28.5 Å². The Morgan fingerprint density at radius 3 is 2.31 bits per heavy atom. The number of methoxy groups -OCH3 is 1. The fraction of sp³-hybridized carbons (Fsp3) is 0.621. The van der Waals surface area contributed by atoms with Gasteiger partial charge in [-0.15, -0.1) is 0 Å². The molecule has 0 unspecified atom stereocenters. The van der Waals surface area contributed by atoms with Crippen LogP contribution in [0.4, 0.5) is 0 Å². The van der Waals surface area contributed by atoms with Crippen molar-refractivity contribution >= 4 is 17.5 Å². The SMILES string of the molecule is COC(=O)C[C@@H]1O[C@@H](C)c2c(O)c3c(c(O)c2[C@@H]1O)C(=O)C1=C(C3=O)[C@@]2(O)[C@H](C)O[C@H]1C[C@@H]2O[C@@H]1CC[C@@H](O)[C@H](C)O1. The van der Waals surface area contributed by atoms with E-state index in [-0.39, 0.29) is 35.1 Å². The second-order valence-corrected chi connectivity index (χ2v) is 11.6. The third-order valence-corrected chi connectivity index (χ3v) is 9.30. The van der Waals surface area contributed by atoms with Crippen molar-refractivity contribution in [1.82, 2.24) is 0 Å². The highest BCUT2D eigenvalue weighted by molar-refractivity contribution is 6.30. The van der Waals surface area contributed by atoms with Crippen molar-refractivity contribution in [3.63, 3.8) is 0 Å². The Morgan fingerprint density at radius 1 is 0.976 bits per heavy atom. The maximum Gasteiger partial charge on any atom is 0.308 e. The van der Waals surface area contributed by atoms with Crippen molar-refractivity contribution in [1.29, 1.82) is 0 Å². The van der Waals surface area contributed by atoms with Crippen molar-refractivity contribution in [2.45, 2.75) is 107 Å². The van der Waals surface area contributed by atoms with Gasteiger partial charge in [-0.1, -0.05) is 0 Å². The number of carbonyl (C=O) groups excluding carboxylic acids is 3. The van der Waals surface area contributed by atoms with Gasteiger partial charge in [0.2, 0.25) is 0 Å². The number of ether oxygens (including phenoxy) is 5. The molecule has 4 heterocycles. The molecular weight excluding hydrogens is 556 g/mol. The van der Waals surface area contributed by atoms with Crippen LogP contribution in [0.3, 0.4) is 0 Å². The molecule has 2 saturated heterocycles. The third kappa shape index (κ3) is 3.99. The number of phenolic OH excluding ortho intramolecular Hbond substituents is 2. The molecule has 228 valence electrons. The van der Waals surface area contributed by atoms with E-state index in [0.717, 1.165) is 0 Å². The van der Waals surface area contributed by atoms with E-state index in [1.807, 2.05) is 0 Å². The first-order valence-electron chi connectivity index (χ1n) is 14.0. The smallest absolute Gasteiger partial charge is 0.308 e. The number of benzene rings is 1. The molecule has 13 nitrogen and oxygen atoms in total. The van der Waals surface area contributed by atoms with Gasteiger partial charge in [0.05, 0.1) is 67.4 Å². The molecule has 7 rings (SSSR count). The van der Waals surface area contributed by atoms with E-state index in [0.29, 0.717) is 12.8 Å². The normalized spacial score (nSPS) is 39.1. The molecule has 2 aliphatic carbocycles. The summed E-state index contributed by atoms with van der Waals surface area (Å²) in [4.78, 5) is 40.1. The Balaban J connectivity index is 1.43. The Bertz CT molecular complexity index is 1400. The molecule has 4 aliphatic heterocycles. The summed E-state index contributed by atoms with van der Waals surface area (Å²) in [6.45, 7) is 4.74. The van der Waals surface area contributed by atoms with Gasteiger partial charge in [-0.3, -0.25) is 14.4 Å². The first-order valence-corrected chi connectivity index (χ1v) is 14.0. The number of aliphatic hydroxyl groups excluding tert-OH is 2. The molecule has 0 amide bonds. The molecule has 42 heavy (non-hydrogen) atoms. The minimum Gasteiger partial charge on any atom is -0.507 e. The summed E-state index contributed by atoms with van der Waals surface area (Å²) in [5.74, 6) is -3.82. The van der Waals surface area contributed by atoms with Gasteiger partial charge in [-0.05, 0) is 27.2 Å². The molecule has 6 aliphatic rings. The van der Waals surface area contributed by atoms with Crippen molar-refractivity contribution in [2.75, 3.05) is 7.11 Å². The zero-order valence-corrected chi connectivity index (χ0v) is 23.5. The van der Waals surface area contributed by atoms with E-state index >= 15 is 0 Å². The molecule has 2 bridgehead atoms. The van der Waals surface area contributed by atoms with Gasteiger partial charge < -0.3 is 49.2 Å². The Hall–Kier alpha value is -2.91. The van der Waals surface area contributed by atoms with Crippen LogP contribution in [0.1, 0.15) is 90.5 Å². The zero-order chi connectivity index (χ0) is 30.4. The van der Waals surface area contributed by atoms with E-state index in [2.05, 4.69) is 4.74 Å². The average Bonchev–Trinajstić information content (AvgIpc) is 2.93. The minimum atomic E-state index is -2.11. The monoisotopic (exact) mass is 590 g/mol. The molecule has 13 heteroatoms. The van der Waals surface area contributed by atoms with Crippen LogP contribution in [0, 0.1) is 0 Å². The highest BCUT2D eigenvalue weighted by atomic mass is 16.7. The maximum absolute atomic E-state index is 14.2. The zero-order valence-electron chi connectivity index (χ0n) is 23.5. The van der Waals surface area contributed by atoms with Crippen molar-refractivity contribution < 1.29 is 63.6 Å². The number of carbonyl (C=O) groups is 3. The molecular formula is C29H34O13. The van der Waals surface area contributed by atoms with Gasteiger partial charge in [0.1, 0.15) is 23.2 Å². The molecule has 2 fully saturated rings. The van der Waals surface area contributed by atoms with Crippen LogP contribution in [0.25, 0.3) is 0 Å². The lowest BCUT2D eigenvalue weighted by molar-refractivity contribution is -0.291. The van der Waals surface area contributed by atoms with Gasteiger partial charge >= 0.3 is 5.97 Å². The second kappa shape index (κ2) is 10.1. The summed E-state index contributed by atoms with van der Waals surface area (Å²) < 4.78 is 28.2. The lowest BCUT2D eigenvalue weighted by Gasteiger charge is -2.54. The summed E-state index contributed by atoms with van der Waals surface area (Å²) in [6.07, 6.45) is -8.36. The molecule has 5 N–H and O–H groups in total. The van der Waals surface area contributed by atoms with Crippen molar-refractivity contribution in [3.8, 4) is 11.5 Å². The van der Waals surface area contributed by atoms with Crippen LogP contribution in [0.15, 0.2) is 11.1 Å². The predicted molar refractivity (Wildman–Crippen MR) is 139 cm³/mol. The van der Waals surface area contributed by atoms with Crippen LogP contribution >= 0.6 is 0 Å². The van der Waals surface area contributed by atoms with Crippen LogP contribution in [-0.4, -0.2) is 98.7 Å². The second-order valence-electron chi connectivity index (χ2n) is 11.6. The predicted octanol–water partition coefficient (Wildman–Crippen LogP) is 1.02. The van der Waals surface area contributed by atoms with Crippen molar-refractivity contribution in [2.24, 2.45) is 0 Å². The molecule has 1 aromatic carbocycles. The van der Waals surface area contributed by atoms with Crippen molar-refractivity contribution in [3.05, 3.63) is 33.4 Å². The lowest BCUT2D eigenvalue weighted by Crippen LogP contribution is -2.67. The van der Waals surface area contributed by atoms with Gasteiger partial charge in [0.15, 0.2) is 17.9 Å².